The van der Waals surface area contributed by atoms with Crippen LogP contribution in [0.1, 0.15) is 35.2 Å². The largest absolute Gasteiger partial charge is 0.440 e. The highest BCUT2D eigenvalue weighted by molar-refractivity contribution is 7.91. The van der Waals surface area contributed by atoms with E-state index in [-0.39, 0.29) is 46.0 Å². The van der Waals surface area contributed by atoms with E-state index < -0.39 is 39.4 Å². The van der Waals surface area contributed by atoms with Crippen molar-refractivity contribution in [2.75, 3.05) is 12.9 Å². The third-order valence-electron chi connectivity index (χ3n) is 7.03. The number of alkyl halides is 3. The second-order valence-corrected chi connectivity index (χ2v) is 12.8. The summed E-state index contributed by atoms with van der Waals surface area (Å²) in [5, 5.41) is 11.5. The van der Waals surface area contributed by atoms with Gasteiger partial charge in [-0.05, 0) is 54.8 Å². The number of aliphatic hydroxyl groups is 1. The first-order valence-electron chi connectivity index (χ1n) is 12.8. The van der Waals surface area contributed by atoms with Crippen LogP contribution in [0.2, 0.25) is 0 Å². The Labute approximate surface area is 249 Å². The monoisotopic (exact) mass is 636 g/mol. The van der Waals surface area contributed by atoms with Crippen LogP contribution < -0.4 is 5.32 Å². The SMILES string of the molecule is C=C1C=C(c2oc(C)nc2-c2cc(C3=CC(F)=C(CO)C(S(C)(=O)=O)C3)ccc2-n2cc(C(F)(F)F)nc2C)C=C(Cl)N1. The summed E-state index contributed by atoms with van der Waals surface area (Å²) in [7, 11) is -3.81. The number of nitrogens with one attached hydrogen (secondary N) is 1. The van der Waals surface area contributed by atoms with Gasteiger partial charge in [-0.15, -0.1) is 0 Å². The Morgan fingerprint density at radius 1 is 1.21 bits per heavy atom. The summed E-state index contributed by atoms with van der Waals surface area (Å²) < 4.78 is 88.0. The number of imidazole rings is 1. The summed E-state index contributed by atoms with van der Waals surface area (Å²) in [5.41, 5.74) is 1.07. The molecule has 1 aliphatic heterocycles. The number of nitrogens with zero attached hydrogens (tertiary/aromatic N) is 3. The van der Waals surface area contributed by atoms with Crippen molar-refractivity contribution in [3.63, 3.8) is 0 Å². The molecule has 43 heavy (non-hydrogen) atoms. The Hall–Kier alpha value is -3.94. The quantitative estimate of drug-likeness (QED) is 0.246. The number of sulfone groups is 1. The van der Waals surface area contributed by atoms with Crippen molar-refractivity contribution in [1.82, 2.24) is 19.9 Å². The van der Waals surface area contributed by atoms with E-state index in [4.69, 9.17) is 16.0 Å². The predicted molar refractivity (Wildman–Crippen MR) is 154 cm³/mol. The van der Waals surface area contributed by atoms with Gasteiger partial charge in [0.05, 0.1) is 17.5 Å². The van der Waals surface area contributed by atoms with Crippen molar-refractivity contribution in [2.45, 2.75) is 31.7 Å². The normalized spacial score (nSPS) is 17.9. The van der Waals surface area contributed by atoms with E-state index in [1.807, 2.05) is 0 Å². The van der Waals surface area contributed by atoms with Gasteiger partial charge in [0, 0.05) is 41.8 Å². The maximum atomic E-state index is 15.1. The molecule has 2 N–H and O–H groups in total. The van der Waals surface area contributed by atoms with Gasteiger partial charge in [-0.2, -0.15) is 13.2 Å². The number of halogens is 5. The molecule has 5 rings (SSSR count). The number of allylic oxidation sites excluding steroid dienone is 6. The molecule has 0 radical (unpaired) electrons. The maximum Gasteiger partial charge on any atom is 0.434 e. The minimum absolute atomic E-state index is 0.0380. The van der Waals surface area contributed by atoms with Gasteiger partial charge in [0.2, 0.25) is 0 Å². The summed E-state index contributed by atoms with van der Waals surface area (Å²) in [6.45, 7) is 6.11. The second kappa shape index (κ2) is 11.0. The van der Waals surface area contributed by atoms with Gasteiger partial charge >= 0.3 is 6.18 Å². The number of aliphatic hydroxyl groups excluding tert-OH is 1. The number of hydrogen-bond acceptors (Lipinski definition) is 7. The topological polar surface area (TPSA) is 110 Å². The van der Waals surface area contributed by atoms with Gasteiger partial charge in [0.25, 0.3) is 0 Å². The van der Waals surface area contributed by atoms with E-state index in [1.54, 1.807) is 31.2 Å². The molecular weight excluding hydrogens is 612 g/mol. The van der Waals surface area contributed by atoms with Crippen molar-refractivity contribution in [2.24, 2.45) is 0 Å². The summed E-state index contributed by atoms with van der Waals surface area (Å²) >= 11 is 6.22. The van der Waals surface area contributed by atoms with E-state index in [0.29, 0.717) is 28.0 Å². The lowest BCUT2D eigenvalue weighted by molar-refractivity contribution is -0.141. The molecule has 0 fully saturated rings. The lowest BCUT2D eigenvalue weighted by Crippen LogP contribution is -2.27. The van der Waals surface area contributed by atoms with E-state index in [2.05, 4.69) is 21.9 Å². The van der Waals surface area contributed by atoms with Crippen LogP contribution in [-0.2, 0) is 16.0 Å². The van der Waals surface area contributed by atoms with Crippen molar-refractivity contribution in [1.29, 1.82) is 0 Å². The number of rotatable bonds is 6. The molecule has 0 saturated heterocycles. The van der Waals surface area contributed by atoms with Gasteiger partial charge < -0.3 is 19.4 Å². The molecule has 0 bridgehead atoms. The van der Waals surface area contributed by atoms with Crippen molar-refractivity contribution in [3.05, 3.63) is 100 Å². The summed E-state index contributed by atoms with van der Waals surface area (Å²) in [6.07, 6.45) is 1.36. The molecular formula is C29H25ClF4N4O4S. The first kappa shape index (κ1) is 30.5. The van der Waals surface area contributed by atoms with Crippen LogP contribution in [0.15, 0.2) is 75.9 Å². The van der Waals surface area contributed by atoms with Crippen LogP contribution >= 0.6 is 11.6 Å². The Morgan fingerprint density at radius 2 is 1.93 bits per heavy atom. The minimum atomic E-state index is -4.70. The van der Waals surface area contributed by atoms with E-state index in [1.165, 1.54) is 17.6 Å². The average Bonchev–Trinajstić information content (AvgIpc) is 3.49. The highest BCUT2D eigenvalue weighted by atomic mass is 35.5. The molecule has 3 aromatic rings. The van der Waals surface area contributed by atoms with Crippen LogP contribution in [0.3, 0.4) is 0 Å². The van der Waals surface area contributed by atoms with Gasteiger partial charge in [0.1, 0.15) is 22.5 Å². The van der Waals surface area contributed by atoms with Gasteiger partial charge in [0.15, 0.2) is 27.2 Å². The molecule has 8 nitrogen and oxygen atoms in total. The fourth-order valence-electron chi connectivity index (χ4n) is 5.09. The van der Waals surface area contributed by atoms with Crippen LogP contribution in [0.5, 0.6) is 0 Å². The zero-order valence-electron chi connectivity index (χ0n) is 23.1. The predicted octanol–water partition coefficient (Wildman–Crippen LogP) is 6.16. The zero-order chi connectivity index (χ0) is 31.4. The van der Waals surface area contributed by atoms with Gasteiger partial charge in [-0.3, -0.25) is 0 Å². The van der Waals surface area contributed by atoms with Gasteiger partial charge in [-0.1, -0.05) is 24.2 Å². The van der Waals surface area contributed by atoms with Crippen LogP contribution in [0.25, 0.3) is 28.1 Å². The molecule has 226 valence electrons. The van der Waals surface area contributed by atoms with Crippen LogP contribution in [-0.4, -0.2) is 46.2 Å². The molecule has 0 saturated carbocycles. The molecule has 0 spiro atoms. The number of dihydropyridines is 1. The summed E-state index contributed by atoms with van der Waals surface area (Å²) in [5.74, 6) is -0.354. The standard InChI is InChI=1S/C29H25ClF4N4O4S/c1-14-7-19(11-26(30)35-14)28-27(37-16(3)42-28)20-8-17(18-9-22(31)21(13-39)24(10-18)43(4,40)41)5-6-23(20)38-12-25(29(32,33)34)36-15(38)2/h5-9,11-12,24,35,39H,1,10,13H2,2-4H3. The van der Waals surface area contributed by atoms with Crippen LogP contribution in [0, 0.1) is 13.8 Å². The molecule has 14 heteroatoms. The van der Waals surface area contributed by atoms with E-state index in [9.17, 15) is 26.7 Å². The highest BCUT2D eigenvalue weighted by Gasteiger charge is 2.36. The Balaban J connectivity index is 1.76. The Bertz CT molecular complexity index is 1900. The minimum Gasteiger partial charge on any atom is -0.440 e. The van der Waals surface area contributed by atoms with Crippen molar-refractivity contribution in [3.8, 4) is 16.9 Å². The molecule has 0 amide bonds. The van der Waals surface area contributed by atoms with Crippen molar-refractivity contribution >= 4 is 32.6 Å². The average molecular weight is 637 g/mol. The lowest BCUT2D eigenvalue weighted by atomic mass is 9.90. The number of hydrogen-bond donors (Lipinski definition) is 2. The van der Waals surface area contributed by atoms with Crippen molar-refractivity contribution < 1.29 is 35.5 Å². The molecule has 1 aromatic carbocycles. The summed E-state index contributed by atoms with van der Waals surface area (Å²) in [4.78, 5) is 8.23. The molecule has 1 atom stereocenters. The number of benzene rings is 1. The first-order valence-corrected chi connectivity index (χ1v) is 15.1. The zero-order valence-corrected chi connectivity index (χ0v) is 24.6. The Morgan fingerprint density at radius 3 is 2.53 bits per heavy atom. The smallest absolute Gasteiger partial charge is 0.434 e. The fourth-order valence-corrected chi connectivity index (χ4v) is 6.51. The second-order valence-electron chi connectivity index (χ2n) is 10.1. The lowest BCUT2D eigenvalue weighted by Gasteiger charge is -2.24. The molecule has 2 aliphatic rings. The van der Waals surface area contributed by atoms with Gasteiger partial charge in [-0.25, -0.2) is 22.8 Å². The molecule has 1 unspecified atom stereocenters. The fraction of sp³-hybridized carbons (Fsp3) is 0.241. The van der Waals surface area contributed by atoms with Crippen LogP contribution in [0.4, 0.5) is 17.6 Å². The van der Waals surface area contributed by atoms with E-state index in [0.717, 1.165) is 18.5 Å². The first-order chi connectivity index (χ1) is 20.1. The number of aromatic nitrogens is 3. The summed E-state index contributed by atoms with van der Waals surface area (Å²) in [6, 6.07) is 4.64. The third kappa shape index (κ3) is 5.97. The van der Waals surface area contributed by atoms with E-state index >= 15 is 4.39 Å². The molecule has 1 aliphatic carbocycles. The number of oxazole rings is 1. The number of aryl methyl sites for hydroxylation is 2. The highest BCUT2D eigenvalue weighted by Crippen LogP contribution is 2.41. The Kier molecular flexibility index (Phi) is 7.78. The third-order valence-corrected chi connectivity index (χ3v) is 8.72. The molecule has 2 aromatic heterocycles. The molecule has 3 heterocycles. The maximum absolute atomic E-state index is 15.1.